The van der Waals surface area contributed by atoms with Crippen LogP contribution in [0.5, 0.6) is 0 Å². The van der Waals surface area contributed by atoms with E-state index < -0.39 is 0 Å². The number of benzene rings is 1. The van der Waals surface area contributed by atoms with Gasteiger partial charge in [-0.1, -0.05) is 6.07 Å². The second kappa shape index (κ2) is 10.8. The molecule has 1 amide bonds. The lowest BCUT2D eigenvalue weighted by atomic mass is 10.1. The van der Waals surface area contributed by atoms with E-state index in [4.69, 9.17) is 10.1 Å². The molecule has 1 aliphatic heterocycles. The Kier molecular flexibility index (Phi) is 7.16. The first-order valence-corrected chi connectivity index (χ1v) is 12.3. The van der Waals surface area contributed by atoms with Crippen molar-refractivity contribution in [1.82, 2.24) is 19.9 Å². The quantitative estimate of drug-likeness (QED) is 0.502. The van der Waals surface area contributed by atoms with Crippen molar-refractivity contribution >= 4 is 17.4 Å². The van der Waals surface area contributed by atoms with Crippen LogP contribution in [0.25, 0.3) is 11.3 Å². The molecule has 0 atom stereocenters. The summed E-state index contributed by atoms with van der Waals surface area (Å²) < 4.78 is 0. The van der Waals surface area contributed by atoms with Crippen LogP contribution in [-0.4, -0.2) is 70.2 Å². The molecule has 2 fully saturated rings. The minimum atomic E-state index is -0.0210. The van der Waals surface area contributed by atoms with E-state index in [9.17, 15) is 10.1 Å². The number of aliphatic hydroxyl groups excluding tert-OH is 1. The third-order valence-electron chi connectivity index (χ3n) is 6.63. The molecule has 0 bridgehead atoms. The van der Waals surface area contributed by atoms with Crippen molar-refractivity contribution in [2.75, 3.05) is 49.5 Å². The fourth-order valence-electron chi connectivity index (χ4n) is 4.40. The molecule has 0 radical (unpaired) electrons. The smallest absolute Gasteiger partial charge is 0.227 e. The van der Waals surface area contributed by atoms with E-state index in [0.29, 0.717) is 30.0 Å². The molecule has 0 spiro atoms. The second-order valence-electron chi connectivity index (χ2n) is 9.25. The highest BCUT2D eigenvalue weighted by Gasteiger charge is 2.30. The lowest BCUT2D eigenvalue weighted by molar-refractivity contribution is -0.117. The molecule has 3 heterocycles. The Morgan fingerprint density at radius 3 is 2.64 bits per heavy atom. The van der Waals surface area contributed by atoms with E-state index in [1.165, 1.54) is 0 Å². The Bertz CT molecular complexity index is 1280. The number of hydrogen-bond donors (Lipinski definition) is 2. The van der Waals surface area contributed by atoms with Gasteiger partial charge in [-0.25, -0.2) is 15.0 Å². The van der Waals surface area contributed by atoms with Crippen LogP contribution in [0.2, 0.25) is 0 Å². The summed E-state index contributed by atoms with van der Waals surface area (Å²) in [5.74, 6) is 1.68. The summed E-state index contributed by atoms with van der Waals surface area (Å²) >= 11 is 0. The van der Waals surface area contributed by atoms with Crippen LogP contribution in [0.3, 0.4) is 0 Å². The zero-order valence-electron chi connectivity index (χ0n) is 20.1. The first kappa shape index (κ1) is 23.9. The summed E-state index contributed by atoms with van der Waals surface area (Å²) in [5.41, 5.74) is 3.56. The molecule has 1 aliphatic carbocycles. The number of β-amino-alcohol motifs (C(OH)–C–C–N with tert-alkyl or cyclic N) is 1. The van der Waals surface area contributed by atoms with Crippen LogP contribution in [0.4, 0.5) is 11.5 Å². The van der Waals surface area contributed by atoms with Crippen LogP contribution in [0.15, 0.2) is 48.8 Å². The van der Waals surface area contributed by atoms with Gasteiger partial charge in [0.1, 0.15) is 17.7 Å². The second-order valence-corrected chi connectivity index (χ2v) is 9.25. The summed E-state index contributed by atoms with van der Waals surface area (Å²) in [4.78, 5) is 30.4. The summed E-state index contributed by atoms with van der Waals surface area (Å²) in [5, 5.41) is 21.6. The van der Waals surface area contributed by atoms with Crippen molar-refractivity contribution in [3.63, 3.8) is 0 Å². The fourth-order valence-corrected chi connectivity index (χ4v) is 4.40. The third kappa shape index (κ3) is 5.67. The molecular formula is C27H29N7O2. The van der Waals surface area contributed by atoms with Crippen molar-refractivity contribution in [3.05, 3.63) is 65.7 Å². The third-order valence-corrected chi connectivity index (χ3v) is 6.63. The van der Waals surface area contributed by atoms with Gasteiger partial charge in [0, 0.05) is 63.0 Å². The molecule has 5 rings (SSSR count). The molecule has 9 heteroatoms. The molecule has 3 aromatic rings. The number of carbonyl (C=O) groups is 1. The van der Waals surface area contributed by atoms with Crippen LogP contribution in [0.1, 0.15) is 29.8 Å². The molecule has 9 nitrogen and oxygen atoms in total. The number of hydrogen-bond acceptors (Lipinski definition) is 8. The van der Waals surface area contributed by atoms with Gasteiger partial charge in [-0.3, -0.25) is 9.69 Å². The summed E-state index contributed by atoms with van der Waals surface area (Å²) in [6.07, 6.45) is 5.94. The van der Waals surface area contributed by atoms with Gasteiger partial charge < -0.3 is 15.3 Å². The van der Waals surface area contributed by atoms with E-state index in [0.717, 1.165) is 61.7 Å². The highest BCUT2D eigenvalue weighted by Crippen LogP contribution is 2.31. The van der Waals surface area contributed by atoms with E-state index in [1.807, 2.05) is 24.4 Å². The van der Waals surface area contributed by atoms with Crippen LogP contribution in [0, 0.1) is 17.2 Å². The monoisotopic (exact) mass is 483 g/mol. The highest BCUT2D eigenvalue weighted by molar-refractivity contribution is 5.95. The number of pyridine rings is 1. The van der Waals surface area contributed by atoms with Gasteiger partial charge >= 0.3 is 0 Å². The van der Waals surface area contributed by atoms with E-state index >= 15 is 0 Å². The Labute approximate surface area is 210 Å². The minimum absolute atomic E-state index is 0.0210. The van der Waals surface area contributed by atoms with Gasteiger partial charge in [-0.05, 0) is 48.7 Å². The van der Waals surface area contributed by atoms with Crippen LogP contribution in [-0.2, 0) is 11.2 Å². The predicted octanol–water partition coefficient (Wildman–Crippen LogP) is 2.46. The maximum absolute atomic E-state index is 12.1. The van der Waals surface area contributed by atoms with Gasteiger partial charge in [0.2, 0.25) is 5.91 Å². The first-order valence-electron chi connectivity index (χ1n) is 12.3. The average molecular weight is 484 g/mol. The van der Waals surface area contributed by atoms with Gasteiger partial charge in [0.15, 0.2) is 0 Å². The molecule has 0 unspecified atom stereocenters. The van der Waals surface area contributed by atoms with E-state index in [1.54, 1.807) is 18.3 Å². The van der Waals surface area contributed by atoms with Crippen LogP contribution < -0.4 is 10.2 Å². The molecular weight excluding hydrogens is 454 g/mol. The molecule has 36 heavy (non-hydrogen) atoms. The number of nitrogens with zero attached hydrogens (tertiary/aromatic N) is 6. The van der Waals surface area contributed by atoms with Crippen molar-refractivity contribution < 1.29 is 9.90 Å². The van der Waals surface area contributed by atoms with Gasteiger partial charge in [-0.15, -0.1) is 0 Å². The topological polar surface area (TPSA) is 118 Å². The number of nitriles is 1. The zero-order chi connectivity index (χ0) is 24.9. The van der Waals surface area contributed by atoms with Crippen molar-refractivity contribution in [2.24, 2.45) is 5.92 Å². The van der Waals surface area contributed by atoms with E-state index in [2.05, 4.69) is 37.2 Å². The molecule has 2 N–H and O–H groups in total. The average Bonchev–Trinajstić information content (AvgIpc) is 3.76. The minimum Gasteiger partial charge on any atom is -0.395 e. The maximum Gasteiger partial charge on any atom is 0.227 e. The molecule has 184 valence electrons. The number of carbonyl (C=O) groups excluding carboxylic acids is 1. The van der Waals surface area contributed by atoms with Crippen molar-refractivity contribution in [3.8, 4) is 17.3 Å². The van der Waals surface area contributed by atoms with Gasteiger partial charge in [-0.2, -0.15) is 5.26 Å². The van der Waals surface area contributed by atoms with E-state index in [-0.39, 0.29) is 18.4 Å². The largest absolute Gasteiger partial charge is 0.395 e. The normalized spacial score (nSPS) is 15.9. The Hall–Kier alpha value is -3.87. The summed E-state index contributed by atoms with van der Waals surface area (Å²) in [7, 11) is 0. The lowest BCUT2D eigenvalue weighted by Gasteiger charge is -2.35. The number of aliphatic hydroxyl groups is 1. The van der Waals surface area contributed by atoms with Crippen LogP contribution >= 0.6 is 0 Å². The van der Waals surface area contributed by atoms with Gasteiger partial charge in [0.25, 0.3) is 0 Å². The highest BCUT2D eigenvalue weighted by atomic mass is 16.3. The number of anilines is 2. The first-order chi connectivity index (χ1) is 17.6. The Balaban J connectivity index is 1.29. The van der Waals surface area contributed by atoms with Crippen molar-refractivity contribution in [2.45, 2.75) is 19.3 Å². The number of nitrogens with one attached hydrogen (secondary N) is 1. The lowest BCUT2D eigenvalue weighted by Crippen LogP contribution is -2.47. The maximum atomic E-state index is 12.1. The standard InChI is InChI=1S/C27H29N7O2/c28-18-22-17-21(3-4-23(22)32-27(36)20-1-2-20)24-6-8-29-25(31-24)15-19-5-7-30-26(16-19)34-11-9-33(10-12-34)13-14-35/h3-8,16-17,20,35H,1-2,9-15H2,(H,32,36). The Morgan fingerprint density at radius 2 is 1.89 bits per heavy atom. The SMILES string of the molecule is N#Cc1cc(-c2ccnc(Cc3ccnc(N4CCN(CCO)CC4)c3)n2)ccc1NC(=O)C1CC1. The van der Waals surface area contributed by atoms with Crippen molar-refractivity contribution in [1.29, 1.82) is 5.26 Å². The number of piperazine rings is 1. The predicted molar refractivity (Wildman–Crippen MR) is 136 cm³/mol. The number of rotatable bonds is 8. The summed E-state index contributed by atoms with van der Waals surface area (Å²) in [6.45, 7) is 4.46. The molecule has 1 saturated carbocycles. The zero-order valence-corrected chi connectivity index (χ0v) is 20.1. The number of amides is 1. The molecule has 2 aromatic heterocycles. The Morgan fingerprint density at radius 1 is 1.08 bits per heavy atom. The molecule has 2 aliphatic rings. The molecule has 1 aromatic carbocycles. The van der Waals surface area contributed by atoms with Gasteiger partial charge in [0.05, 0.1) is 23.6 Å². The fraction of sp³-hybridized carbons (Fsp3) is 0.370. The number of aromatic nitrogens is 3. The summed E-state index contributed by atoms with van der Waals surface area (Å²) in [6, 6.07) is 13.5. The molecule has 1 saturated heterocycles.